The maximum absolute atomic E-state index is 5.99. The summed E-state index contributed by atoms with van der Waals surface area (Å²) < 4.78 is 3.76. The Labute approximate surface area is 236 Å². The van der Waals surface area contributed by atoms with Gasteiger partial charge in [-0.05, 0) is 36.8 Å². The number of aromatic nitrogens is 2. The highest BCUT2D eigenvalue weighted by Gasteiger charge is 2.43. The molecule has 2 aliphatic heterocycles. The van der Waals surface area contributed by atoms with Gasteiger partial charge in [0.25, 0.3) is 0 Å². The number of likely N-dealkylation sites (tertiary alicyclic amines) is 2. The van der Waals surface area contributed by atoms with Crippen LogP contribution < -0.4 is 5.73 Å². The number of nitrogens with two attached hydrogens (primary N) is 1. The summed E-state index contributed by atoms with van der Waals surface area (Å²) in [6.07, 6.45) is 10.2. The monoisotopic (exact) mass is 528 g/mol. The Bertz CT molecular complexity index is 1150. The molecule has 0 aliphatic carbocycles. The molecule has 0 bridgehead atoms. The van der Waals surface area contributed by atoms with Crippen molar-refractivity contribution in [3.8, 4) is 11.3 Å². The number of nitrogens with zero attached hydrogens (tertiary/aromatic N) is 4. The summed E-state index contributed by atoms with van der Waals surface area (Å²) in [6, 6.07) is 22.5. The van der Waals surface area contributed by atoms with Crippen molar-refractivity contribution < 1.29 is 4.48 Å². The predicted molar refractivity (Wildman–Crippen MR) is 162 cm³/mol. The Balaban J connectivity index is 1.43. The fourth-order valence-corrected chi connectivity index (χ4v) is 7.41. The molecule has 2 fully saturated rings. The van der Waals surface area contributed by atoms with E-state index >= 15 is 0 Å². The molecule has 0 unspecified atom stereocenters. The normalized spacial score (nSPS) is 19.7. The Morgan fingerprint density at radius 3 is 2.18 bits per heavy atom. The lowest BCUT2D eigenvalue weighted by Crippen LogP contribution is -2.61. The van der Waals surface area contributed by atoms with E-state index in [1.807, 2.05) is 0 Å². The molecule has 2 saturated heterocycles. The van der Waals surface area contributed by atoms with E-state index in [1.165, 1.54) is 73.2 Å². The summed E-state index contributed by atoms with van der Waals surface area (Å²) in [7, 11) is 0. The fourth-order valence-electron chi connectivity index (χ4n) is 7.41. The molecular formula is C34H50N5+. The number of hydrogen-bond acceptors (Lipinski definition) is 3. The minimum absolute atomic E-state index is 0.0670. The third-order valence-electron chi connectivity index (χ3n) is 9.29. The van der Waals surface area contributed by atoms with Gasteiger partial charge in [-0.15, -0.1) is 0 Å². The van der Waals surface area contributed by atoms with Gasteiger partial charge < -0.3 is 14.8 Å². The van der Waals surface area contributed by atoms with Gasteiger partial charge in [-0.1, -0.05) is 81.4 Å². The molecule has 2 aliphatic rings. The Kier molecular flexibility index (Phi) is 8.90. The Morgan fingerprint density at radius 2 is 1.56 bits per heavy atom. The molecular weight excluding hydrogens is 478 g/mol. The number of rotatable bonds is 9. The van der Waals surface area contributed by atoms with Gasteiger partial charge in [0.2, 0.25) is 0 Å². The number of imidazole rings is 1. The quantitative estimate of drug-likeness (QED) is 0.323. The molecule has 0 radical (unpaired) electrons. The van der Waals surface area contributed by atoms with Gasteiger partial charge in [0, 0.05) is 50.7 Å². The molecule has 0 amide bonds. The second kappa shape index (κ2) is 12.4. The van der Waals surface area contributed by atoms with Crippen molar-refractivity contribution in [2.24, 2.45) is 11.1 Å². The highest BCUT2D eigenvalue weighted by Crippen LogP contribution is 2.41. The minimum Gasteiger partial charge on any atom is -0.330 e. The van der Waals surface area contributed by atoms with Crippen LogP contribution in [-0.2, 0) is 6.54 Å². The molecule has 0 spiro atoms. The van der Waals surface area contributed by atoms with E-state index in [9.17, 15) is 0 Å². The van der Waals surface area contributed by atoms with Crippen LogP contribution in [0.2, 0.25) is 0 Å². The molecule has 5 rings (SSSR count). The topological polar surface area (TPSA) is 47.1 Å². The summed E-state index contributed by atoms with van der Waals surface area (Å²) in [5.41, 5.74) is 9.64. The van der Waals surface area contributed by atoms with Crippen molar-refractivity contribution in [3.05, 3.63) is 78.2 Å². The van der Waals surface area contributed by atoms with E-state index in [0.29, 0.717) is 0 Å². The van der Waals surface area contributed by atoms with Crippen molar-refractivity contribution in [1.82, 2.24) is 14.5 Å². The highest BCUT2D eigenvalue weighted by molar-refractivity contribution is 5.58. The number of benzene rings is 2. The molecule has 3 heterocycles. The van der Waals surface area contributed by atoms with E-state index in [2.05, 4.69) is 97.1 Å². The van der Waals surface area contributed by atoms with Gasteiger partial charge in [-0.2, -0.15) is 0 Å². The Morgan fingerprint density at radius 1 is 0.923 bits per heavy atom. The largest absolute Gasteiger partial charge is 0.330 e. The first kappa shape index (κ1) is 28.1. The molecule has 3 aromatic rings. The lowest BCUT2D eigenvalue weighted by Gasteiger charge is -2.51. The van der Waals surface area contributed by atoms with Crippen molar-refractivity contribution in [1.29, 1.82) is 0 Å². The van der Waals surface area contributed by atoms with Crippen molar-refractivity contribution in [2.75, 3.05) is 39.3 Å². The zero-order valence-electron chi connectivity index (χ0n) is 24.6. The van der Waals surface area contributed by atoms with Crippen LogP contribution >= 0.6 is 0 Å². The molecule has 1 atom stereocenters. The first-order valence-corrected chi connectivity index (χ1v) is 15.4. The van der Waals surface area contributed by atoms with E-state index in [1.54, 1.807) is 0 Å². The van der Waals surface area contributed by atoms with Crippen LogP contribution in [0.4, 0.5) is 0 Å². The first-order chi connectivity index (χ1) is 18.9. The van der Waals surface area contributed by atoms with Crippen molar-refractivity contribution >= 4 is 0 Å². The number of quaternary nitrogens is 1. The standard InChI is InChI=1S/C34H50N5/c1-34(2,3)32(37-21-18-30(19-22-37)39(25-13-20-35)23-11-6-12-24-39)33-36-31(29-16-9-5-10-17-29)27-38(33)26-28-14-7-4-8-15-28/h4-5,7-10,14-17,27,30,32H,6,11-13,18-26,35H2,1-3H3/q+1/t32-/m0/s1. The van der Waals surface area contributed by atoms with Gasteiger partial charge in [-0.25, -0.2) is 4.98 Å². The van der Waals surface area contributed by atoms with Crippen LogP contribution in [0.15, 0.2) is 66.9 Å². The summed E-state index contributed by atoms with van der Waals surface area (Å²) in [5, 5.41) is 0. The highest BCUT2D eigenvalue weighted by atomic mass is 15.4. The van der Waals surface area contributed by atoms with E-state index < -0.39 is 0 Å². The summed E-state index contributed by atoms with van der Waals surface area (Å²) >= 11 is 0. The van der Waals surface area contributed by atoms with Crippen LogP contribution in [0.3, 0.4) is 0 Å². The van der Waals surface area contributed by atoms with Gasteiger partial charge in [0.15, 0.2) is 0 Å². The van der Waals surface area contributed by atoms with Crippen LogP contribution in [0.25, 0.3) is 11.3 Å². The van der Waals surface area contributed by atoms with Crippen LogP contribution in [0, 0.1) is 5.41 Å². The van der Waals surface area contributed by atoms with E-state index in [-0.39, 0.29) is 11.5 Å². The lowest BCUT2D eigenvalue weighted by molar-refractivity contribution is -0.956. The number of hydrogen-bond donors (Lipinski definition) is 1. The molecule has 39 heavy (non-hydrogen) atoms. The predicted octanol–water partition coefficient (Wildman–Crippen LogP) is 6.50. The average Bonchev–Trinajstić information content (AvgIpc) is 3.36. The maximum atomic E-state index is 5.99. The van der Waals surface area contributed by atoms with Crippen molar-refractivity contribution in [2.45, 2.75) is 77.9 Å². The summed E-state index contributed by atoms with van der Waals surface area (Å²) in [4.78, 5) is 8.15. The molecule has 2 aromatic carbocycles. The SMILES string of the molecule is CC(C)(C)[C@H](c1nc(-c2ccccc2)cn1Cc1ccccc1)N1CCC([N+]2(CCCN)CCCCC2)CC1. The van der Waals surface area contributed by atoms with Gasteiger partial charge >= 0.3 is 0 Å². The molecule has 5 nitrogen and oxygen atoms in total. The van der Waals surface area contributed by atoms with E-state index in [0.717, 1.165) is 44.3 Å². The average molecular weight is 529 g/mol. The van der Waals surface area contributed by atoms with Gasteiger partial charge in [0.05, 0.1) is 37.4 Å². The molecule has 1 aromatic heterocycles. The zero-order chi connectivity index (χ0) is 27.3. The maximum Gasteiger partial charge on any atom is 0.127 e. The molecule has 5 heteroatoms. The first-order valence-electron chi connectivity index (χ1n) is 15.4. The minimum atomic E-state index is 0.0670. The summed E-state index contributed by atoms with van der Waals surface area (Å²) in [5.74, 6) is 1.20. The summed E-state index contributed by atoms with van der Waals surface area (Å²) in [6.45, 7) is 15.1. The molecule has 210 valence electrons. The Hall–Kier alpha value is -2.47. The molecule has 0 saturated carbocycles. The smallest absolute Gasteiger partial charge is 0.127 e. The third kappa shape index (κ3) is 6.48. The van der Waals surface area contributed by atoms with Crippen molar-refractivity contribution in [3.63, 3.8) is 0 Å². The molecule has 2 N–H and O–H groups in total. The second-order valence-electron chi connectivity index (χ2n) is 13.1. The number of piperidine rings is 2. The fraction of sp³-hybridized carbons (Fsp3) is 0.559. The van der Waals surface area contributed by atoms with Crippen LogP contribution in [0.1, 0.15) is 76.7 Å². The zero-order valence-corrected chi connectivity index (χ0v) is 24.6. The van der Waals surface area contributed by atoms with Gasteiger partial charge in [0.1, 0.15) is 5.82 Å². The van der Waals surface area contributed by atoms with E-state index in [4.69, 9.17) is 10.7 Å². The van der Waals surface area contributed by atoms with Crippen LogP contribution in [-0.4, -0.2) is 64.2 Å². The third-order valence-corrected chi connectivity index (χ3v) is 9.29. The van der Waals surface area contributed by atoms with Gasteiger partial charge in [-0.3, -0.25) is 4.90 Å². The van der Waals surface area contributed by atoms with Crippen LogP contribution in [0.5, 0.6) is 0 Å². The second-order valence-corrected chi connectivity index (χ2v) is 13.1. The lowest BCUT2D eigenvalue weighted by atomic mass is 9.83.